The molecule has 3 N–H and O–H groups in total. The van der Waals surface area contributed by atoms with Gasteiger partial charge in [0.2, 0.25) is 0 Å². The van der Waals surface area contributed by atoms with Gasteiger partial charge in [0.05, 0.1) is 11.8 Å². The number of carbonyl (C=O) groups excluding carboxylic acids is 1. The number of hydrogen-bond acceptors (Lipinski definition) is 5. The van der Waals surface area contributed by atoms with Crippen LogP contribution in [0.25, 0.3) is 0 Å². The van der Waals surface area contributed by atoms with Crippen LogP contribution in [0.2, 0.25) is 0 Å². The largest absolute Gasteiger partial charge is 0.508 e. The van der Waals surface area contributed by atoms with Gasteiger partial charge in [-0.15, -0.1) is 0 Å². The number of phenols is 2. The van der Waals surface area contributed by atoms with Crippen molar-refractivity contribution in [2.45, 2.75) is 13.5 Å². The summed E-state index contributed by atoms with van der Waals surface area (Å²) in [6.07, 6.45) is 1.47. The number of phenolic OH excluding ortho intramolecular Hbond substituents is 2. The topological polar surface area (TPSA) is 91.2 Å². The quantitative estimate of drug-likeness (QED) is 0.347. The summed E-state index contributed by atoms with van der Waals surface area (Å²) in [5.74, 6) is -0.305. The van der Waals surface area contributed by atoms with Crippen molar-refractivity contribution in [2.24, 2.45) is 5.10 Å². The molecule has 0 radical (unpaired) electrons. The lowest BCUT2D eigenvalue weighted by Gasteiger charge is -2.07. The summed E-state index contributed by atoms with van der Waals surface area (Å²) < 4.78 is 5.79. The van der Waals surface area contributed by atoms with Gasteiger partial charge in [0.1, 0.15) is 23.9 Å². The number of carbonyl (C=O) groups is 1. The molecule has 3 rings (SSSR count). The number of aryl methyl sites for hydroxylation is 1. The molecule has 0 aliphatic heterocycles. The van der Waals surface area contributed by atoms with Crippen LogP contribution in [0.5, 0.6) is 17.2 Å². The molecule has 0 aliphatic rings. The number of nitrogens with zero attached hydrogens (tertiary/aromatic N) is 1. The van der Waals surface area contributed by atoms with Crippen LogP contribution in [0.4, 0.5) is 0 Å². The van der Waals surface area contributed by atoms with Crippen molar-refractivity contribution in [1.82, 2.24) is 5.43 Å². The fraction of sp³-hybridized carbons (Fsp3) is 0.0909. The molecule has 28 heavy (non-hydrogen) atoms. The van der Waals surface area contributed by atoms with Crippen molar-refractivity contribution in [3.8, 4) is 17.2 Å². The summed E-state index contributed by atoms with van der Waals surface area (Å²) >= 11 is 0. The molecule has 0 saturated carbocycles. The van der Waals surface area contributed by atoms with Crippen LogP contribution in [0.3, 0.4) is 0 Å². The van der Waals surface area contributed by atoms with E-state index in [1.54, 1.807) is 6.07 Å². The standard InChI is InChI=1S/C22H20N2O4/c1-15-5-7-16(8-6-15)14-28-19-4-2-3-17(11-19)13-23-24-22(27)20-12-18(25)9-10-21(20)26/h2-13,25-26H,14H2,1H3,(H,24,27)/b23-13+. The van der Waals surface area contributed by atoms with Crippen LogP contribution in [0.1, 0.15) is 27.0 Å². The predicted molar refractivity (Wildman–Crippen MR) is 107 cm³/mol. The van der Waals surface area contributed by atoms with Gasteiger partial charge >= 0.3 is 0 Å². The van der Waals surface area contributed by atoms with E-state index in [1.165, 1.54) is 30.0 Å². The molecule has 0 aliphatic carbocycles. The minimum atomic E-state index is -0.628. The minimum absolute atomic E-state index is 0.0627. The molecule has 0 saturated heterocycles. The van der Waals surface area contributed by atoms with Crippen LogP contribution >= 0.6 is 0 Å². The van der Waals surface area contributed by atoms with Gasteiger partial charge in [-0.2, -0.15) is 5.10 Å². The Labute approximate surface area is 162 Å². The third-order valence-electron chi connectivity index (χ3n) is 3.99. The number of nitrogens with one attached hydrogen (secondary N) is 1. The van der Waals surface area contributed by atoms with Gasteiger partial charge in [0.25, 0.3) is 5.91 Å². The Morgan fingerprint density at radius 1 is 1.07 bits per heavy atom. The average Bonchev–Trinajstić information content (AvgIpc) is 2.69. The first kappa shape index (κ1) is 19.0. The van der Waals surface area contributed by atoms with E-state index in [4.69, 9.17) is 4.74 Å². The minimum Gasteiger partial charge on any atom is -0.508 e. The summed E-state index contributed by atoms with van der Waals surface area (Å²) in [7, 11) is 0. The fourth-order valence-electron chi connectivity index (χ4n) is 2.47. The first-order valence-corrected chi connectivity index (χ1v) is 8.65. The molecular formula is C22H20N2O4. The molecule has 0 atom stereocenters. The van der Waals surface area contributed by atoms with Crippen molar-refractivity contribution >= 4 is 12.1 Å². The van der Waals surface area contributed by atoms with Gasteiger partial charge in [-0.05, 0) is 48.4 Å². The Morgan fingerprint density at radius 2 is 1.86 bits per heavy atom. The van der Waals surface area contributed by atoms with Crippen molar-refractivity contribution in [3.63, 3.8) is 0 Å². The van der Waals surface area contributed by atoms with Crippen LogP contribution in [-0.4, -0.2) is 22.3 Å². The SMILES string of the molecule is Cc1ccc(COc2cccc(/C=N/NC(=O)c3cc(O)ccc3O)c2)cc1. The molecule has 0 bridgehead atoms. The molecular weight excluding hydrogens is 356 g/mol. The molecule has 6 nitrogen and oxygen atoms in total. The average molecular weight is 376 g/mol. The Morgan fingerprint density at radius 3 is 2.64 bits per heavy atom. The first-order chi connectivity index (χ1) is 13.5. The van der Waals surface area contributed by atoms with E-state index in [0.29, 0.717) is 12.4 Å². The Kier molecular flexibility index (Phi) is 5.91. The molecule has 0 fully saturated rings. The zero-order chi connectivity index (χ0) is 19.9. The Hall–Kier alpha value is -3.80. The summed E-state index contributed by atoms with van der Waals surface area (Å²) in [5.41, 5.74) is 5.26. The van der Waals surface area contributed by atoms with Crippen molar-refractivity contribution < 1.29 is 19.7 Å². The molecule has 6 heteroatoms. The molecule has 0 aromatic heterocycles. The van der Waals surface area contributed by atoms with E-state index in [0.717, 1.165) is 11.1 Å². The maximum Gasteiger partial charge on any atom is 0.275 e. The van der Waals surface area contributed by atoms with Gasteiger partial charge in [-0.25, -0.2) is 5.43 Å². The molecule has 0 heterocycles. The van der Waals surface area contributed by atoms with Gasteiger partial charge in [-0.3, -0.25) is 4.79 Å². The van der Waals surface area contributed by atoms with Crippen molar-refractivity contribution in [3.05, 3.63) is 89.0 Å². The van der Waals surface area contributed by atoms with E-state index in [-0.39, 0.29) is 17.1 Å². The molecule has 0 unspecified atom stereocenters. The number of hydrazone groups is 1. The summed E-state index contributed by atoms with van der Waals surface area (Å²) in [6.45, 7) is 2.49. The van der Waals surface area contributed by atoms with Gasteiger partial charge in [-0.1, -0.05) is 42.0 Å². The van der Waals surface area contributed by atoms with Crippen LogP contribution in [0, 0.1) is 6.92 Å². The summed E-state index contributed by atoms with van der Waals surface area (Å²) in [5, 5.41) is 23.0. The second-order valence-electron chi connectivity index (χ2n) is 6.25. The van der Waals surface area contributed by atoms with E-state index in [9.17, 15) is 15.0 Å². The smallest absolute Gasteiger partial charge is 0.275 e. The number of amides is 1. The molecule has 3 aromatic carbocycles. The third kappa shape index (κ3) is 5.11. The predicted octanol–water partition coefficient (Wildman–Crippen LogP) is 3.75. The highest BCUT2D eigenvalue weighted by atomic mass is 16.5. The van der Waals surface area contributed by atoms with E-state index in [2.05, 4.69) is 10.5 Å². The van der Waals surface area contributed by atoms with Crippen LogP contribution in [0.15, 0.2) is 71.8 Å². The molecule has 142 valence electrons. The molecule has 1 amide bonds. The lowest BCUT2D eigenvalue weighted by molar-refractivity contribution is 0.0952. The van der Waals surface area contributed by atoms with Crippen molar-refractivity contribution in [2.75, 3.05) is 0 Å². The second-order valence-corrected chi connectivity index (χ2v) is 6.25. The molecule has 0 spiro atoms. The molecule has 3 aromatic rings. The van der Waals surface area contributed by atoms with E-state index in [1.807, 2.05) is 49.4 Å². The van der Waals surface area contributed by atoms with Gasteiger partial charge < -0.3 is 14.9 Å². The number of ether oxygens (including phenoxy) is 1. The lowest BCUT2D eigenvalue weighted by atomic mass is 10.2. The Bertz CT molecular complexity index is 998. The highest BCUT2D eigenvalue weighted by molar-refractivity contribution is 5.97. The number of aromatic hydroxyl groups is 2. The number of hydrogen-bond donors (Lipinski definition) is 3. The fourth-order valence-corrected chi connectivity index (χ4v) is 2.47. The zero-order valence-corrected chi connectivity index (χ0v) is 15.3. The number of rotatable bonds is 6. The van der Waals surface area contributed by atoms with Gasteiger partial charge in [0, 0.05) is 0 Å². The van der Waals surface area contributed by atoms with Crippen LogP contribution < -0.4 is 10.2 Å². The lowest BCUT2D eigenvalue weighted by Crippen LogP contribution is -2.17. The highest BCUT2D eigenvalue weighted by Crippen LogP contribution is 2.21. The first-order valence-electron chi connectivity index (χ1n) is 8.65. The zero-order valence-electron chi connectivity index (χ0n) is 15.3. The summed E-state index contributed by atoms with van der Waals surface area (Å²) in [6, 6.07) is 19.1. The van der Waals surface area contributed by atoms with Crippen molar-refractivity contribution in [1.29, 1.82) is 0 Å². The normalized spacial score (nSPS) is 10.8. The van der Waals surface area contributed by atoms with E-state index >= 15 is 0 Å². The number of benzene rings is 3. The highest BCUT2D eigenvalue weighted by Gasteiger charge is 2.11. The monoisotopic (exact) mass is 376 g/mol. The summed E-state index contributed by atoms with van der Waals surface area (Å²) in [4.78, 5) is 12.0. The maximum absolute atomic E-state index is 12.0. The second kappa shape index (κ2) is 8.73. The van der Waals surface area contributed by atoms with Crippen LogP contribution in [-0.2, 0) is 6.61 Å². The Balaban J connectivity index is 1.59. The maximum atomic E-state index is 12.0. The van der Waals surface area contributed by atoms with E-state index < -0.39 is 5.91 Å². The third-order valence-corrected chi connectivity index (χ3v) is 3.99. The van der Waals surface area contributed by atoms with Gasteiger partial charge in [0.15, 0.2) is 0 Å².